The number of nitrogens with zero attached hydrogens (tertiary/aromatic N) is 1. The molecular weight excluding hydrogens is 402 g/mol. The van der Waals surface area contributed by atoms with Crippen molar-refractivity contribution >= 4 is 5.91 Å². The third-order valence-electron chi connectivity index (χ3n) is 5.47. The van der Waals surface area contributed by atoms with Crippen LogP contribution in [0.2, 0.25) is 0 Å². The third-order valence-corrected chi connectivity index (χ3v) is 5.47. The summed E-state index contributed by atoms with van der Waals surface area (Å²) in [7, 11) is 0. The molecular formula is C27H23NO4. The molecule has 5 heteroatoms. The summed E-state index contributed by atoms with van der Waals surface area (Å²) in [5, 5.41) is 0. The zero-order valence-electron chi connectivity index (χ0n) is 17.6. The minimum atomic E-state index is -0.0961. The van der Waals surface area contributed by atoms with Crippen LogP contribution >= 0.6 is 0 Å². The third kappa shape index (κ3) is 4.23. The van der Waals surface area contributed by atoms with Crippen LogP contribution in [-0.4, -0.2) is 24.0 Å². The van der Waals surface area contributed by atoms with Gasteiger partial charge in [-0.1, -0.05) is 54.6 Å². The first-order chi connectivity index (χ1) is 15.8. The Bertz CT molecular complexity index is 1200. The van der Waals surface area contributed by atoms with Crippen LogP contribution in [-0.2, 0) is 13.1 Å². The van der Waals surface area contributed by atoms with Gasteiger partial charge in [-0.3, -0.25) is 4.79 Å². The van der Waals surface area contributed by atoms with Crippen molar-refractivity contribution in [1.82, 2.24) is 4.90 Å². The highest BCUT2D eigenvalue weighted by Crippen LogP contribution is 2.32. The molecule has 1 amide bonds. The fraction of sp³-hybridized carbons (Fsp3) is 0.148. The molecule has 0 unspecified atom stereocenters. The van der Waals surface area contributed by atoms with Crippen LogP contribution < -0.4 is 9.47 Å². The normalized spacial score (nSPS) is 12.4. The first-order valence-electron chi connectivity index (χ1n) is 10.6. The monoisotopic (exact) mass is 425 g/mol. The fourth-order valence-corrected chi connectivity index (χ4v) is 3.91. The van der Waals surface area contributed by atoms with Crippen LogP contribution in [0.4, 0.5) is 0 Å². The van der Waals surface area contributed by atoms with E-state index < -0.39 is 0 Å². The smallest absolute Gasteiger partial charge is 0.254 e. The Balaban J connectivity index is 1.48. The number of fused-ring (bicyclic) bond motifs is 1. The van der Waals surface area contributed by atoms with E-state index in [4.69, 9.17) is 13.9 Å². The second-order valence-electron chi connectivity index (χ2n) is 7.62. The van der Waals surface area contributed by atoms with Gasteiger partial charge in [0.15, 0.2) is 11.5 Å². The van der Waals surface area contributed by atoms with Gasteiger partial charge in [0, 0.05) is 12.1 Å². The SMILES string of the molecule is O=C(c1ccc2c(c1)OCCO2)N(Cc1ccco1)Cc1ccccc1-c1ccccc1. The number of carbonyl (C=O) groups is 1. The summed E-state index contributed by atoms with van der Waals surface area (Å²) in [5.41, 5.74) is 3.84. The standard InChI is InChI=1S/C27H23NO4/c29-27(21-12-13-25-26(17-21)32-16-15-31-25)28(19-23-10-6-14-30-23)18-22-9-4-5-11-24(22)20-7-2-1-3-8-20/h1-14,17H,15-16,18-19H2. The molecule has 0 fully saturated rings. The Morgan fingerprint density at radius 3 is 2.38 bits per heavy atom. The number of hydrogen-bond donors (Lipinski definition) is 0. The number of benzene rings is 3. The van der Waals surface area contributed by atoms with E-state index >= 15 is 0 Å². The Morgan fingerprint density at radius 1 is 0.781 bits per heavy atom. The van der Waals surface area contributed by atoms with Gasteiger partial charge in [0.25, 0.3) is 5.91 Å². The summed E-state index contributed by atoms with van der Waals surface area (Å²) in [6.07, 6.45) is 1.62. The molecule has 3 aromatic carbocycles. The van der Waals surface area contributed by atoms with Crippen molar-refractivity contribution in [3.63, 3.8) is 0 Å². The number of amides is 1. The van der Waals surface area contributed by atoms with E-state index in [2.05, 4.69) is 24.3 Å². The fourth-order valence-electron chi connectivity index (χ4n) is 3.91. The van der Waals surface area contributed by atoms with Gasteiger partial charge in [-0.15, -0.1) is 0 Å². The highest BCUT2D eigenvalue weighted by atomic mass is 16.6. The highest BCUT2D eigenvalue weighted by molar-refractivity contribution is 5.95. The second kappa shape index (κ2) is 9.02. The molecule has 160 valence electrons. The molecule has 0 spiro atoms. The summed E-state index contributed by atoms with van der Waals surface area (Å²) >= 11 is 0. The summed E-state index contributed by atoms with van der Waals surface area (Å²) in [6, 6.07) is 27.4. The molecule has 0 N–H and O–H groups in total. The largest absolute Gasteiger partial charge is 0.486 e. The zero-order chi connectivity index (χ0) is 21.8. The van der Waals surface area contributed by atoms with E-state index in [-0.39, 0.29) is 5.91 Å². The Labute approximate surface area is 186 Å². The zero-order valence-corrected chi connectivity index (χ0v) is 17.6. The molecule has 32 heavy (non-hydrogen) atoms. The maximum Gasteiger partial charge on any atom is 0.254 e. The quantitative estimate of drug-likeness (QED) is 0.406. The molecule has 1 aliphatic rings. The van der Waals surface area contributed by atoms with Crippen LogP contribution in [0.15, 0.2) is 95.6 Å². The van der Waals surface area contributed by atoms with Gasteiger partial charge in [0.05, 0.1) is 12.8 Å². The van der Waals surface area contributed by atoms with Crippen LogP contribution in [0.25, 0.3) is 11.1 Å². The summed E-state index contributed by atoms with van der Waals surface area (Å²) in [5.74, 6) is 1.90. The van der Waals surface area contributed by atoms with E-state index in [0.717, 1.165) is 22.5 Å². The van der Waals surface area contributed by atoms with Gasteiger partial charge in [0.1, 0.15) is 19.0 Å². The lowest BCUT2D eigenvalue weighted by Gasteiger charge is -2.25. The molecule has 1 aromatic heterocycles. The maximum atomic E-state index is 13.6. The average molecular weight is 425 g/mol. The van der Waals surface area contributed by atoms with Gasteiger partial charge in [-0.2, -0.15) is 0 Å². The van der Waals surface area contributed by atoms with Gasteiger partial charge in [-0.25, -0.2) is 0 Å². The molecule has 0 saturated carbocycles. The van der Waals surface area contributed by atoms with Crippen molar-refractivity contribution in [2.75, 3.05) is 13.2 Å². The Morgan fingerprint density at radius 2 is 1.56 bits per heavy atom. The molecule has 0 radical (unpaired) electrons. The van der Waals surface area contributed by atoms with Gasteiger partial charge in [0.2, 0.25) is 0 Å². The molecule has 2 heterocycles. The van der Waals surface area contributed by atoms with Gasteiger partial charge < -0.3 is 18.8 Å². The number of hydrogen-bond acceptors (Lipinski definition) is 4. The van der Waals surface area contributed by atoms with Crippen molar-refractivity contribution in [3.8, 4) is 22.6 Å². The number of rotatable bonds is 6. The Hall–Kier alpha value is -3.99. The summed E-state index contributed by atoms with van der Waals surface area (Å²) in [4.78, 5) is 15.4. The predicted octanol–water partition coefficient (Wildman–Crippen LogP) is 5.56. The van der Waals surface area contributed by atoms with E-state index in [1.54, 1.807) is 29.4 Å². The van der Waals surface area contributed by atoms with Crippen LogP contribution in [0.5, 0.6) is 11.5 Å². The topological polar surface area (TPSA) is 51.9 Å². The van der Waals surface area contributed by atoms with E-state index in [1.165, 1.54) is 0 Å². The summed E-state index contributed by atoms with van der Waals surface area (Å²) < 4.78 is 16.8. The first kappa shape index (κ1) is 19.9. The molecule has 0 bridgehead atoms. The van der Waals surface area contributed by atoms with Gasteiger partial charge >= 0.3 is 0 Å². The minimum absolute atomic E-state index is 0.0961. The number of carbonyl (C=O) groups excluding carboxylic acids is 1. The van der Waals surface area contributed by atoms with Crippen LogP contribution in [0.3, 0.4) is 0 Å². The maximum absolute atomic E-state index is 13.6. The number of furan rings is 1. The van der Waals surface area contributed by atoms with Crippen molar-refractivity contribution in [3.05, 3.63) is 108 Å². The molecule has 1 aliphatic heterocycles. The summed E-state index contributed by atoms with van der Waals surface area (Å²) in [6.45, 7) is 1.80. The van der Waals surface area contributed by atoms with Crippen LogP contribution in [0.1, 0.15) is 21.7 Å². The molecule has 5 nitrogen and oxygen atoms in total. The molecule has 0 atom stereocenters. The van der Waals surface area contributed by atoms with Crippen molar-refractivity contribution in [1.29, 1.82) is 0 Å². The highest BCUT2D eigenvalue weighted by Gasteiger charge is 2.22. The molecule has 5 rings (SSSR count). The lowest BCUT2D eigenvalue weighted by molar-refractivity contribution is 0.0717. The van der Waals surface area contributed by atoms with E-state index in [9.17, 15) is 4.79 Å². The minimum Gasteiger partial charge on any atom is -0.486 e. The van der Waals surface area contributed by atoms with Crippen molar-refractivity contribution < 1.29 is 18.7 Å². The molecule has 0 saturated heterocycles. The average Bonchev–Trinajstić information content (AvgIpc) is 3.37. The van der Waals surface area contributed by atoms with Crippen molar-refractivity contribution in [2.45, 2.75) is 13.1 Å². The lowest BCUT2D eigenvalue weighted by atomic mass is 9.99. The Kier molecular flexibility index (Phi) is 5.62. The van der Waals surface area contributed by atoms with Crippen LogP contribution in [0, 0.1) is 0 Å². The van der Waals surface area contributed by atoms with E-state index in [0.29, 0.717) is 43.4 Å². The molecule has 0 aliphatic carbocycles. The molecule has 4 aromatic rings. The second-order valence-corrected chi connectivity index (χ2v) is 7.62. The first-order valence-corrected chi connectivity index (χ1v) is 10.6. The van der Waals surface area contributed by atoms with Gasteiger partial charge in [-0.05, 0) is 47.0 Å². The predicted molar refractivity (Wildman–Crippen MR) is 122 cm³/mol. The number of ether oxygens (including phenoxy) is 2. The van der Waals surface area contributed by atoms with E-state index in [1.807, 2.05) is 42.5 Å². The van der Waals surface area contributed by atoms with Crippen molar-refractivity contribution in [2.24, 2.45) is 0 Å². The lowest BCUT2D eigenvalue weighted by Crippen LogP contribution is -2.30.